The monoisotopic (exact) mass is 297 g/mol. The second kappa shape index (κ2) is 3.73. The fraction of sp³-hybridized carbons (Fsp3) is 0.182. The van der Waals surface area contributed by atoms with Crippen molar-refractivity contribution in [2.75, 3.05) is 11.6 Å². The van der Waals surface area contributed by atoms with E-state index in [1.165, 1.54) is 6.20 Å². The summed E-state index contributed by atoms with van der Waals surface area (Å²) < 4.78 is 14.4. The fourth-order valence-corrected chi connectivity index (χ4v) is 2.12. The maximum absolute atomic E-state index is 14.0. The smallest absolute Gasteiger partial charge is 0.152 e. The van der Waals surface area contributed by atoms with Gasteiger partial charge < -0.3 is 9.82 Å². The zero-order valence-corrected chi connectivity index (χ0v) is 10.6. The zero-order chi connectivity index (χ0) is 12.0. The number of pyridine rings is 1. The van der Waals surface area contributed by atoms with Crippen molar-refractivity contribution in [3.8, 4) is 0 Å². The molecule has 0 aliphatic carbocycles. The Labute approximate surface area is 105 Å². The molecule has 88 valence electrons. The summed E-state index contributed by atoms with van der Waals surface area (Å²) in [4.78, 5) is 12.5. The molecule has 0 saturated heterocycles. The molecule has 1 aliphatic heterocycles. The van der Waals surface area contributed by atoms with Crippen LogP contribution in [0.1, 0.15) is 6.92 Å². The Morgan fingerprint density at radius 1 is 1.59 bits per heavy atom. The van der Waals surface area contributed by atoms with E-state index in [9.17, 15) is 4.39 Å². The van der Waals surface area contributed by atoms with Gasteiger partial charge in [0.05, 0.1) is 16.4 Å². The van der Waals surface area contributed by atoms with Gasteiger partial charge in [-0.15, -0.1) is 0 Å². The summed E-state index contributed by atoms with van der Waals surface area (Å²) >= 11 is 3.13. The first-order valence-electron chi connectivity index (χ1n) is 5.10. The lowest BCUT2D eigenvalue weighted by atomic mass is 10.3. The number of aromatic amines is 1. The first-order valence-corrected chi connectivity index (χ1v) is 5.89. The molecule has 4 nitrogen and oxygen atoms in total. The molecule has 0 radical (unpaired) electrons. The van der Waals surface area contributed by atoms with Crippen molar-refractivity contribution < 1.29 is 9.23 Å². The van der Waals surface area contributed by atoms with Crippen molar-refractivity contribution in [2.24, 2.45) is 0 Å². The van der Waals surface area contributed by atoms with Gasteiger partial charge in [0.25, 0.3) is 0 Å². The second-order valence-corrected chi connectivity index (χ2v) is 4.64. The number of hydroxylamine groups is 1. The van der Waals surface area contributed by atoms with Crippen LogP contribution in [0, 0.1) is 5.82 Å². The maximum atomic E-state index is 14.0. The van der Waals surface area contributed by atoms with Gasteiger partial charge in [-0.3, -0.25) is 0 Å². The van der Waals surface area contributed by atoms with Crippen molar-refractivity contribution in [1.82, 2.24) is 9.97 Å². The third-order valence-electron chi connectivity index (χ3n) is 2.64. The summed E-state index contributed by atoms with van der Waals surface area (Å²) in [7, 11) is 0. The van der Waals surface area contributed by atoms with E-state index in [1.807, 2.05) is 13.0 Å². The molecule has 0 atom stereocenters. The molecule has 0 amide bonds. The Kier molecular flexibility index (Phi) is 2.32. The quantitative estimate of drug-likeness (QED) is 0.879. The highest BCUT2D eigenvalue weighted by molar-refractivity contribution is 9.10. The Morgan fingerprint density at radius 3 is 3.12 bits per heavy atom. The minimum Gasteiger partial charge on any atom is -0.384 e. The Morgan fingerprint density at radius 2 is 2.41 bits per heavy atom. The zero-order valence-electron chi connectivity index (χ0n) is 9.00. The summed E-state index contributed by atoms with van der Waals surface area (Å²) in [5.41, 5.74) is 1.16. The predicted octanol–water partition coefficient (Wildman–Crippen LogP) is 3.12. The van der Waals surface area contributed by atoms with Crippen LogP contribution in [-0.4, -0.2) is 16.5 Å². The molecule has 2 aromatic rings. The number of fused-ring (bicyclic) bond motifs is 1. The Bertz CT molecular complexity index is 622. The van der Waals surface area contributed by atoms with Gasteiger partial charge in [0.1, 0.15) is 17.1 Å². The van der Waals surface area contributed by atoms with Crippen LogP contribution < -0.4 is 5.06 Å². The number of nitrogens with one attached hydrogen (secondary N) is 1. The van der Waals surface area contributed by atoms with Gasteiger partial charge in [-0.2, -0.15) is 0 Å². The number of aromatic nitrogens is 2. The molecule has 6 heteroatoms. The molecule has 0 spiro atoms. The molecular weight excluding hydrogens is 289 g/mol. The summed E-state index contributed by atoms with van der Waals surface area (Å²) in [6, 6.07) is 0. The third kappa shape index (κ3) is 1.59. The van der Waals surface area contributed by atoms with Gasteiger partial charge in [-0.05, 0) is 28.9 Å². The number of hydrogen-bond donors (Lipinski definition) is 1. The lowest BCUT2D eigenvalue weighted by molar-refractivity contribution is 0.215. The van der Waals surface area contributed by atoms with Crippen molar-refractivity contribution in [2.45, 2.75) is 6.92 Å². The van der Waals surface area contributed by atoms with Crippen molar-refractivity contribution >= 4 is 32.7 Å². The van der Waals surface area contributed by atoms with Crippen LogP contribution in [0.2, 0.25) is 0 Å². The highest BCUT2D eigenvalue weighted by atomic mass is 79.9. The minimum absolute atomic E-state index is 0.334. The number of anilines is 1. The summed E-state index contributed by atoms with van der Waals surface area (Å²) in [5.74, 6) is 0.474. The lowest BCUT2D eigenvalue weighted by Crippen LogP contribution is -2.16. The van der Waals surface area contributed by atoms with E-state index in [4.69, 9.17) is 4.84 Å². The van der Waals surface area contributed by atoms with Crippen LogP contribution in [0.15, 0.2) is 28.7 Å². The van der Waals surface area contributed by atoms with Crippen LogP contribution in [0.3, 0.4) is 0 Å². The first-order chi connectivity index (χ1) is 8.16. The minimum atomic E-state index is -0.334. The van der Waals surface area contributed by atoms with Crippen molar-refractivity contribution in [1.29, 1.82) is 0 Å². The lowest BCUT2D eigenvalue weighted by Gasteiger charge is -2.16. The molecule has 3 rings (SSSR count). The number of rotatable bonds is 1. The van der Waals surface area contributed by atoms with Crippen molar-refractivity contribution in [3.05, 3.63) is 34.5 Å². The number of nitrogens with zero attached hydrogens (tertiary/aromatic N) is 2. The molecule has 1 aliphatic rings. The molecule has 1 N–H and O–H groups in total. The van der Waals surface area contributed by atoms with E-state index in [2.05, 4.69) is 25.9 Å². The highest BCUT2D eigenvalue weighted by Gasteiger charge is 2.21. The Balaban J connectivity index is 2.15. The molecule has 0 unspecified atom stereocenters. The van der Waals surface area contributed by atoms with E-state index >= 15 is 0 Å². The first kappa shape index (κ1) is 10.6. The predicted molar refractivity (Wildman–Crippen MR) is 65.9 cm³/mol. The summed E-state index contributed by atoms with van der Waals surface area (Å²) in [5, 5.41) is 2.06. The molecule has 2 aromatic heterocycles. The SMILES string of the molecule is CC1=CCN(c2c[nH]c3ncc(Br)c(F)c23)O1. The molecule has 0 saturated carbocycles. The number of halogens is 2. The number of allylic oxidation sites excluding steroid dienone is 1. The maximum Gasteiger partial charge on any atom is 0.152 e. The van der Waals surface area contributed by atoms with E-state index < -0.39 is 0 Å². The van der Waals surface area contributed by atoms with E-state index in [-0.39, 0.29) is 5.82 Å². The van der Waals surface area contributed by atoms with E-state index in [0.717, 1.165) is 5.76 Å². The van der Waals surface area contributed by atoms with Crippen LogP contribution in [0.5, 0.6) is 0 Å². The number of H-pyrrole nitrogens is 1. The van der Waals surface area contributed by atoms with Gasteiger partial charge in [-0.1, -0.05) is 0 Å². The van der Waals surface area contributed by atoms with Crippen molar-refractivity contribution in [3.63, 3.8) is 0 Å². The summed E-state index contributed by atoms with van der Waals surface area (Å²) in [6.07, 6.45) is 5.06. The van der Waals surface area contributed by atoms with Crippen LogP contribution in [0.25, 0.3) is 11.0 Å². The molecule has 0 bridgehead atoms. The molecule has 0 aromatic carbocycles. The third-order valence-corrected chi connectivity index (χ3v) is 3.20. The average Bonchev–Trinajstić information content (AvgIpc) is 2.89. The molecule has 0 fully saturated rings. The second-order valence-electron chi connectivity index (χ2n) is 3.78. The number of hydrogen-bond acceptors (Lipinski definition) is 3. The molecule has 17 heavy (non-hydrogen) atoms. The van der Waals surface area contributed by atoms with Gasteiger partial charge >= 0.3 is 0 Å². The van der Waals surface area contributed by atoms with Gasteiger partial charge in [0.15, 0.2) is 5.82 Å². The van der Waals surface area contributed by atoms with E-state index in [1.54, 1.807) is 11.3 Å². The molecular formula is C11H9BrFN3O. The molecule has 3 heterocycles. The Hall–Kier alpha value is -1.56. The van der Waals surface area contributed by atoms with Gasteiger partial charge in [0, 0.05) is 12.4 Å². The van der Waals surface area contributed by atoms with Crippen LogP contribution >= 0.6 is 15.9 Å². The standard InChI is InChI=1S/C11H9BrFN3O/c1-6-2-3-16(17-6)8-5-15-11-9(8)10(13)7(12)4-14-11/h2,4-5H,3H2,1H3,(H,14,15). The highest BCUT2D eigenvalue weighted by Crippen LogP contribution is 2.33. The van der Waals surface area contributed by atoms with Gasteiger partial charge in [-0.25, -0.2) is 14.4 Å². The topological polar surface area (TPSA) is 41.2 Å². The normalized spacial score (nSPS) is 15.2. The van der Waals surface area contributed by atoms with Crippen LogP contribution in [-0.2, 0) is 4.84 Å². The van der Waals surface area contributed by atoms with E-state index in [0.29, 0.717) is 27.7 Å². The van der Waals surface area contributed by atoms with Gasteiger partial charge in [0.2, 0.25) is 0 Å². The summed E-state index contributed by atoms with van der Waals surface area (Å²) in [6.45, 7) is 2.46. The average molecular weight is 298 g/mol. The largest absolute Gasteiger partial charge is 0.384 e. The fourth-order valence-electron chi connectivity index (χ4n) is 1.82. The van der Waals surface area contributed by atoms with Crippen LogP contribution in [0.4, 0.5) is 10.1 Å².